The van der Waals surface area contributed by atoms with Gasteiger partial charge in [-0.05, 0) is 56.2 Å². The Morgan fingerprint density at radius 1 is 1.33 bits per heavy atom. The number of benzene rings is 1. The predicted molar refractivity (Wildman–Crippen MR) is 82.1 cm³/mol. The number of esters is 1. The molecule has 0 aromatic heterocycles. The van der Waals surface area contributed by atoms with E-state index < -0.39 is 5.60 Å². The molecule has 1 atom stereocenters. The fraction of sp³-hybridized carbons (Fsp3) is 0.444. The van der Waals surface area contributed by atoms with Crippen LogP contribution in [0, 0.1) is 0 Å². The summed E-state index contributed by atoms with van der Waals surface area (Å²) in [7, 11) is 0. The fourth-order valence-electron chi connectivity index (χ4n) is 2.70. The minimum Gasteiger partial charge on any atom is -0.460 e. The third-order valence-electron chi connectivity index (χ3n) is 3.55. The number of allylic oxidation sites excluding steroid dienone is 2. The lowest BCUT2D eigenvalue weighted by Gasteiger charge is -2.23. The number of hydrogen-bond donors (Lipinski definition) is 0. The first-order valence-electron chi connectivity index (χ1n) is 7.33. The average molecular weight is 286 g/mol. The molecule has 0 heterocycles. The van der Waals surface area contributed by atoms with Crippen LogP contribution in [-0.2, 0) is 20.7 Å². The molecule has 0 N–H and O–H groups in total. The molecule has 1 unspecified atom stereocenters. The Morgan fingerprint density at radius 3 is 2.71 bits per heavy atom. The van der Waals surface area contributed by atoms with E-state index in [9.17, 15) is 9.59 Å². The largest absolute Gasteiger partial charge is 0.460 e. The number of aldehydes is 1. The third-order valence-corrected chi connectivity index (χ3v) is 3.55. The monoisotopic (exact) mass is 286 g/mol. The van der Waals surface area contributed by atoms with Gasteiger partial charge in [0.2, 0.25) is 0 Å². The fourth-order valence-corrected chi connectivity index (χ4v) is 2.70. The van der Waals surface area contributed by atoms with E-state index >= 15 is 0 Å². The van der Waals surface area contributed by atoms with Crippen LogP contribution in [0.1, 0.15) is 50.7 Å². The number of carbonyl (C=O) groups excluding carboxylic acids is 2. The standard InChI is InChI=1S/C18H22O3/c1-18(2,3)21-17(20)11-15-10-13(12-19)8-9-14-6-4-5-7-16(14)15/h4-8,12,15H,9-11H2,1-3H3. The second kappa shape index (κ2) is 6.25. The van der Waals surface area contributed by atoms with Crippen LogP contribution in [0.15, 0.2) is 35.9 Å². The lowest BCUT2D eigenvalue weighted by atomic mass is 9.88. The molecule has 112 valence electrons. The Kier molecular flexibility index (Phi) is 4.61. The van der Waals surface area contributed by atoms with Gasteiger partial charge in [-0.25, -0.2) is 0 Å². The minimum atomic E-state index is -0.481. The Morgan fingerprint density at radius 2 is 2.05 bits per heavy atom. The van der Waals surface area contributed by atoms with Gasteiger partial charge >= 0.3 is 5.97 Å². The van der Waals surface area contributed by atoms with E-state index in [1.54, 1.807) is 0 Å². The van der Waals surface area contributed by atoms with Crippen LogP contribution < -0.4 is 0 Å². The number of fused-ring (bicyclic) bond motifs is 1. The molecule has 0 bridgehead atoms. The first-order chi connectivity index (χ1) is 9.89. The molecule has 0 saturated heterocycles. The summed E-state index contributed by atoms with van der Waals surface area (Å²) in [6, 6.07) is 8.07. The molecule has 0 aliphatic heterocycles. The summed E-state index contributed by atoms with van der Waals surface area (Å²) in [5, 5.41) is 0. The number of rotatable bonds is 3. The summed E-state index contributed by atoms with van der Waals surface area (Å²) in [4.78, 5) is 23.3. The van der Waals surface area contributed by atoms with Gasteiger partial charge in [0, 0.05) is 0 Å². The van der Waals surface area contributed by atoms with Crippen molar-refractivity contribution in [3.63, 3.8) is 0 Å². The summed E-state index contributed by atoms with van der Waals surface area (Å²) in [6.07, 6.45) is 4.50. The number of carbonyl (C=O) groups is 2. The van der Waals surface area contributed by atoms with Crippen LogP contribution >= 0.6 is 0 Å². The van der Waals surface area contributed by atoms with Gasteiger partial charge in [-0.3, -0.25) is 9.59 Å². The summed E-state index contributed by atoms with van der Waals surface area (Å²) in [5.41, 5.74) is 2.61. The highest BCUT2D eigenvalue weighted by Crippen LogP contribution is 2.33. The lowest BCUT2D eigenvalue weighted by molar-refractivity contribution is -0.155. The molecule has 0 saturated carbocycles. The maximum absolute atomic E-state index is 12.1. The third kappa shape index (κ3) is 4.28. The normalized spacial score (nSPS) is 18.2. The van der Waals surface area contributed by atoms with Crippen molar-refractivity contribution in [3.05, 3.63) is 47.0 Å². The van der Waals surface area contributed by atoms with E-state index in [-0.39, 0.29) is 11.9 Å². The quantitative estimate of drug-likeness (QED) is 0.630. The smallest absolute Gasteiger partial charge is 0.306 e. The van der Waals surface area contributed by atoms with E-state index in [4.69, 9.17) is 4.74 Å². The van der Waals surface area contributed by atoms with Gasteiger partial charge in [-0.1, -0.05) is 30.3 Å². The SMILES string of the molecule is CC(C)(C)OC(=O)CC1CC(C=O)=CCc2ccccc21. The van der Waals surface area contributed by atoms with Crippen molar-refractivity contribution in [3.8, 4) is 0 Å². The Hall–Kier alpha value is -1.90. The van der Waals surface area contributed by atoms with Crippen LogP contribution in [0.4, 0.5) is 0 Å². The van der Waals surface area contributed by atoms with Crippen molar-refractivity contribution in [1.82, 2.24) is 0 Å². The highest BCUT2D eigenvalue weighted by Gasteiger charge is 2.25. The molecule has 3 heteroatoms. The molecule has 1 aliphatic carbocycles. The molecule has 1 aromatic rings. The zero-order valence-corrected chi connectivity index (χ0v) is 12.9. The number of ether oxygens (including phenoxy) is 1. The maximum Gasteiger partial charge on any atom is 0.306 e. The summed E-state index contributed by atoms with van der Waals surface area (Å²) >= 11 is 0. The number of hydrogen-bond acceptors (Lipinski definition) is 3. The molecule has 1 aromatic carbocycles. The van der Waals surface area contributed by atoms with Gasteiger partial charge in [0.25, 0.3) is 0 Å². The maximum atomic E-state index is 12.1. The molecular weight excluding hydrogens is 264 g/mol. The zero-order chi connectivity index (χ0) is 15.5. The molecule has 21 heavy (non-hydrogen) atoms. The van der Waals surface area contributed by atoms with Crippen molar-refractivity contribution in [1.29, 1.82) is 0 Å². The second-order valence-corrected chi connectivity index (χ2v) is 6.49. The van der Waals surface area contributed by atoms with Gasteiger partial charge < -0.3 is 4.74 Å². The van der Waals surface area contributed by atoms with Crippen molar-refractivity contribution < 1.29 is 14.3 Å². The van der Waals surface area contributed by atoms with Crippen molar-refractivity contribution in [2.45, 2.75) is 51.6 Å². The molecule has 0 radical (unpaired) electrons. The highest BCUT2D eigenvalue weighted by atomic mass is 16.6. The first-order valence-corrected chi connectivity index (χ1v) is 7.33. The molecule has 0 fully saturated rings. The van der Waals surface area contributed by atoms with E-state index in [2.05, 4.69) is 6.07 Å². The van der Waals surface area contributed by atoms with Gasteiger partial charge in [-0.15, -0.1) is 0 Å². The molecule has 0 amide bonds. The second-order valence-electron chi connectivity index (χ2n) is 6.49. The predicted octanol–water partition coefficient (Wildman–Crippen LogP) is 3.57. The van der Waals surface area contributed by atoms with Gasteiger partial charge in [0.1, 0.15) is 11.9 Å². The highest BCUT2D eigenvalue weighted by molar-refractivity contribution is 5.75. The molecule has 2 rings (SSSR count). The Labute approximate surface area is 126 Å². The van der Waals surface area contributed by atoms with Crippen molar-refractivity contribution in [2.75, 3.05) is 0 Å². The minimum absolute atomic E-state index is 0.00926. The Bertz CT molecular complexity index is 564. The summed E-state index contributed by atoms with van der Waals surface area (Å²) in [5.74, 6) is -0.204. The zero-order valence-electron chi connectivity index (χ0n) is 12.9. The molecule has 0 spiro atoms. The van der Waals surface area contributed by atoms with Gasteiger partial charge in [-0.2, -0.15) is 0 Å². The van der Waals surface area contributed by atoms with Gasteiger partial charge in [0.15, 0.2) is 0 Å². The topological polar surface area (TPSA) is 43.4 Å². The molecule has 3 nitrogen and oxygen atoms in total. The first kappa shape index (κ1) is 15.5. The molecular formula is C18H22O3. The van der Waals surface area contributed by atoms with Crippen molar-refractivity contribution >= 4 is 12.3 Å². The van der Waals surface area contributed by atoms with Crippen LogP contribution in [0.25, 0.3) is 0 Å². The van der Waals surface area contributed by atoms with E-state index in [1.165, 1.54) is 5.56 Å². The lowest BCUT2D eigenvalue weighted by Crippen LogP contribution is -2.25. The van der Waals surface area contributed by atoms with Crippen LogP contribution in [0.2, 0.25) is 0 Å². The summed E-state index contributed by atoms with van der Waals surface area (Å²) < 4.78 is 5.42. The van der Waals surface area contributed by atoms with Crippen LogP contribution in [0.3, 0.4) is 0 Å². The van der Waals surface area contributed by atoms with Crippen LogP contribution in [0.5, 0.6) is 0 Å². The van der Waals surface area contributed by atoms with E-state index in [1.807, 2.05) is 45.0 Å². The molecule has 1 aliphatic rings. The Balaban J connectivity index is 2.22. The summed E-state index contributed by atoms with van der Waals surface area (Å²) in [6.45, 7) is 5.59. The van der Waals surface area contributed by atoms with Crippen molar-refractivity contribution in [2.24, 2.45) is 0 Å². The van der Waals surface area contributed by atoms with Gasteiger partial charge in [0.05, 0.1) is 6.42 Å². The van der Waals surface area contributed by atoms with E-state index in [0.717, 1.165) is 23.8 Å². The van der Waals surface area contributed by atoms with Crippen LogP contribution in [-0.4, -0.2) is 17.9 Å². The average Bonchev–Trinajstić information content (AvgIpc) is 2.57. The van der Waals surface area contributed by atoms with E-state index in [0.29, 0.717) is 12.8 Å².